The van der Waals surface area contributed by atoms with Crippen molar-refractivity contribution in [2.75, 3.05) is 14.2 Å². The van der Waals surface area contributed by atoms with Crippen molar-refractivity contribution in [2.45, 2.75) is 19.4 Å². The summed E-state index contributed by atoms with van der Waals surface area (Å²) in [6.07, 6.45) is 0.813. The van der Waals surface area contributed by atoms with E-state index in [-0.39, 0.29) is 6.04 Å². The van der Waals surface area contributed by atoms with Crippen LogP contribution in [0.5, 0.6) is 11.5 Å². The second-order valence-electron chi connectivity index (χ2n) is 5.03. The molecule has 0 aliphatic rings. The second-order valence-corrected chi connectivity index (χ2v) is 5.03. The number of hydrogen-bond acceptors (Lipinski definition) is 4. The summed E-state index contributed by atoms with van der Waals surface area (Å²) in [7, 11) is 3.26. The molecule has 0 saturated heterocycles. The number of hydrogen-bond donors (Lipinski definition) is 2. The van der Waals surface area contributed by atoms with Crippen LogP contribution in [0.4, 0.5) is 0 Å². The minimum absolute atomic E-state index is 0.0200. The Bertz CT molecular complexity index is 599. The minimum atomic E-state index is 0.0200. The Morgan fingerprint density at radius 3 is 2.43 bits per heavy atom. The van der Waals surface area contributed by atoms with Gasteiger partial charge in [-0.2, -0.15) is 0 Å². The molecule has 0 amide bonds. The molecule has 0 fully saturated rings. The van der Waals surface area contributed by atoms with Crippen LogP contribution in [0.15, 0.2) is 42.5 Å². The highest BCUT2D eigenvalue weighted by atomic mass is 16.5. The summed E-state index contributed by atoms with van der Waals surface area (Å²) in [6.45, 7) is 2.09. The molecule has 0 aromatic heterocycles. The molecular formula is C17H22N2O2. The normalized spacial score (nSPS) is 12.0. The molecule has 1 unspecified atom stereocenters. The van der Waals surface area contributed by atoms with Gasteiger partial charge in [0.25, 0.3) is 0 Å². The molecule has 4 heteroatoms. The van der Waals surface area contributed by atoms with Crippen molar-refractivity contribution in [3.05, 3.63) is 59.2 Å². The molecule has 0 radical (unpaired) electrons. The van der Waals surface area contributed by atoms with Crippen molar-refractivity contribution in [1.29, 1.82) is 0 Å². The highest BCUT2D eigenvalue weighted by Gasteiger charge is 2.14. The van der Waals surface area contributed by atoms with E-state index < -0.39 is 0 Å². The highest BCUT2D eigenvalue weighted by molar-refractivity contribution is 5.44. The topological polar surface area (TPSA) is 56.5 Å². The van der Waals surface area contributed by atoms with Crippen molar-refractivity contribution in [1.82, 2.24) is 5.43 Å². The number of methoxy groups -OCH3 is 2. The van der Waals surface area contributed by atoms with Crippen LogP contribution in [0.2, 0.25) is 0 Å². The molecule has 112 valence electrons. The van der Waals surface area contributed by atoms with Gasteiger partial charge in [-0.05, 0) is 36.6 Å². The first-order valence-electron chi connectivity index (χ1n) is 6.91. The van der Waals surface area contributed by atoms with Crippen molar-refractivity contribution in [2.24, 2.45) is 5.84 Å². The van der Waals surface area contributed by atoms with Crippen LogP contribution in [0, 0.1) is 6.92 Å². The SMILES string of the molecule is COc1ccc(C(Cc2cccc(C)c2)NN)cc1OC. The zero-order valence-electron chi connectivity index (χ0n) is 12.7. The summed E-state index contributed by atoms with van der Waals surface area (Å²) in [5, 5.41) is 0. The quantitative estimate of drug-likeness (QED) is 0.633. The van der Waals surface area contributed by atoms with Gasteiger partial charge in [0, 0.05) is 0 Å². The van der Waals surface area contributed by atoms with Gasteiger partial charge in [-0.3, -0.25) is 11.3 Å². The van der Waals surface area contributed by atoms with Crippen LogP contribution in [-0.4, -0.2) is 14.2 Å². The molecule has 2 rings (SSSR count). The first kappa shape index (κ1) is 15.4. The average molecular weight is 286 g/mol. The maximum atomic E-state index is 5.73. The summed E-state index contributed by atoms with van der Waals surface area (Å²) in [4.78, 5) is 0. The molecule has 21 heavy (non-hydrogen) atoms. The number of nitrogens with one attached hydrogen (secondary N) is 1. The molecule has 0 aliphatic carbocycles. The number of aryl methyl sites for hydroxylation is 1. The number of hydrazine groups is 1. The van der Waals surface area contributed by atoms with Crippen LogP contribution in [-0.2, 0) is 6.42 Å². The van der Waals surface area contributed by atoms with Crippen molar-refractivity contribution in [3.63, 3.8) is 0 Å². The van der Waals surface area contributed by atoms with Gasteiger partial charge in [0.1, 0.15) is 0 Å². The standard InChI is InChI=1S/C17H22N2O2/c1-12-5-4-6-13(9-12)10-15(19-18)14-7-8-16(20-2)17(11-14)21-3/h4-9,11,15,19H,10,18H2,1-3H3. The van der Waals surface area contributed by atoms with Gasteiger partial charge in [0.2, 0.25) is 0 Å². The monoisotopic (exact) mass is 286 g/mol. The number of ether oxygens (including phenoxy) is 2. The van der Waals surface area contributed by atoms with E-state index >= 15 is 0 Å². The van der Waals surface area contributed by atoms with Crippen LogP contribution < -0.4 is 20.7 Å². The molecule has 2 aromatic rings. The largest absolute Gasteiger partial charge is 0.493 e. The third-order valence-corrected chi connectivity index (χ3v) is 3.53. The third kappa shape index (κ3) is 3.74. The lowest BCUT2D eigenvalue weighted by Crippen LogP contribution is -2.29. The maximum Gasteiger partial charge on any atom is 0.161 e. The molecule has 0 saturated carbocycles. The van der Waals surface area contributed by atoms with E-state index in [2.05, 4.69) is 36.6 Å². The van der Waals surface area contributed by atoms with Crippen LogP contribution in [0.25, 0.3) is 0 Å². The van der Waals surface area contributed by atoms with E-state index in [1.165, 1.54) is 11.1 Å². The number of benzene rings is 2. The van der Waals surface area contributed by atoms with Gasteiger partial charge in [-0.25, -0.2) is 0 Å². The summed E-state index contributed by atoms with van der Waals surface area (Å²) in [5.41, 5.74) is 6.43. The van der Waals surface area contributed by atoms with Crippen molar-refractivity contribution in [3.8, 4) is 11.5 Å². The molecule has 2 aromatic carbocycles. The zero-order chi connectivity index (χ0) is 15.2. The van der Waals surface area contributed by atoms with Crippen LogP contribution >= 0.6 is 0 Å². The summed E-state index contributed by atoms with van der Waals surface area (Å²) < 4.78 is 10.6. The van der Waals surface area contributed by atoms with Gasteiger partial charge >= 0.3 is 0 Å². The summed E-state index contributed by atoms with van der Waals surface area (Å²) in [6, 6.07) is 14.3. The first-order chi connectivity index (χ1) is 10.2. The van der Waals surface area contributed by atoms with E-state index in [9.17, 15) is 0 Å². The van der Waals surface area contributed by atoms with Crippen molar-refractivity contribution < 1.29 is 9.47 Å². The van der Waals surface area contributed by atoms with E-state index in [1.54, 1.807) is 14.2 Å². The molecule has 4 nitrogen and oxygen atoms in total. The first-order valence-corrected chi connectivity index (χ1v) is 6.91. The van der Waals surface area contributed by atoms with E-state index in [4.69, 9.17) is 15.3 Å². The minimum Gasteiger partial charge on any atom is -0.493 e. The molecule has 0 spiro atoms. The number of rotatable bonds is 6. The molecule has 0 aliphatic heterocycles. The summed E-state index contributed by atoms with van der Waals surface area (Å²) >= 11 is 0. The average Bonchev–Trinajstić information content (AvgIpc) is 2.52. The van der Waals surface area contributed by atoms with E-state index in [0.717, 1.165) is 12.0 Å². The van der Waals surface area contributed by atoms with E-state index in [1.807, 2.05) is 18.2 Å². The summed E-state index contributed by atoms with van der Waals surface area (Å²) in [5.74, 6) is 7.15. The highest BCUT2D eigenvalue weighted by Crippen LogP contribution is 2.30. The van der Waals surface area contributed by atoms with Gasteiger partial charge in [-0.1, -0.05) is 35.9 Å². The molecule has 1 atom stereocenters. The fourth-order valence-electron chi connectivity index (χ4n) is 2.42. The Morgan fingerprint density at radius 2 is 1.81 bits per heavy atom. The van der Waals surface area contributed by atoms with Crippen LogP contribution in [0.3, 0.4) is 0 Å². The Labute approximate surface area is 125 Å². The predicted molar refractivity (Wildman–Crippen MR) is 84.5 cm³/mol. The Morgan fingerprint density at radius 1 is 1.05 bits per heavy atom. The lowest BCUT2D eigenvalue weighted by molar-refractivity contribution is 0.353. The predicted octanol–water partition coefficient (Wildman–Crippen LogP) is 2.76. The Hall–Kier alpha value is -2.04. The van der Waals surface area contributed by atoms with Gasteiger partial charge in [0.05, 0.1) is 20.3 Å². The van der Waals surface area contributed by atoms with E-state index in [0.29, 0.717) is 11.5 Å². The van der Waals surface area contributed by atoms with Gasteiger partial charge in [0.15, 0.2) is 11.5 Å². The lowest BCUT2D eigenvalue weighted by atomic mass is 9.98. The smallest absolute Gasteiger partial charge is 0.161 e. The fraction of sp³-hybridized carbons (Fsp3) is 0.294. The number of nitrogens with two attached hydrogens (primary N) is 1. The third-order valence-electron chi connectivity index (χ3n) is 3.53. The molecule has 0 heterocycles. The lowest BCUT2D eigenvalue weighted by Gasteiger charge is -2.18. The molecule has 3 N–H and O–H groups in total. The molecule has 0 bridgehead atoms. The molecular weight excluding hydrogens is 264 g/mol. The Kier molecular flexibility index (Phi) is 5.20. The Balaban J connectivity index is 2.25. The maximum absolute atomic E-state index is 5.73. The van der Waals surface area contributed by atoms with Crippen LogP contribution in [0.1, 0.15) is 22.7 Å². The second kappa shape index (κ2) is 7.11. The van der Waals surface area contributed by atoms with Gasteiger partial charge < -0.3 is 9.47 Å². The zero-order valence-corrected chi connectivity index (χ0v) is 12.7. The van der Waals surface area contributed by atoms with Crippen molar-refractivity contribution >= 4 is 0 Å². The van der Waals surface area contributed by atoms with Gasteiger partial charge in [-0.15, -0.1) is 0 Å². The fourth-order valence-corrected chi connectivity index (χ4v) is 2.42.